The van der Waals surface area contributed by atoms with Gasteiger partial charge in [-0.15, -0.1) is 12.4 Å². The van der Waals surface area contributed by atoms with Crippen LogP contribution in [0, 0.1) is 12.7 Å². The SMILES string of the molecule is Cc1ccnc2c1C(=O)CC(c1cc(Cl)ccc1F)C2.Cl. The van der Waals surface area contributed by atoms with Crippen molar-refractivity contribution in [3.8, 4) is 0 Å². The number of hydrogen-bond acceptors (Lipinski definition) is 2. The minimum Gasteiger partial charge on any atom is -0.294 e. The maximum atomic E-state index is 13.9. The molecule has 0 aliphatic heterocycles. The smallest absolute Gasteiger partial charge is 0.165 e. The number of Topliss-reactive ketones (excluding diaryl/α,β-unsaturated/α-hetero) is 1. The first-order chi connectivity index (χ1) is 9.56. The molecule has 0 bridgehead atoms. The highest BCUT2D eigenvalue weighted by Crippen LogP contribution is 2.35. The minimum atomic E-state index is -0.316. The third-order valence-electron chi connectivity index (χ3n) is 3.79. The van der Waals surface area contributed by atoms with Gasteiger partial charge in [0.2, 0.25) is 0 Å². The van der Waals surface area contributed by atoms with Crippen molar-refractivity contribution in [3.05, 3.63) is 63.7 Å². The lowest BCUT2D eigenvalue weighted by Gasteiger charge is -2.24. The van der Waals surface area contributed by atoms with E-state index < -0.39 is 0 Å². The molecule has 1 aromatic heterocycles. The lowest BCUT2D eigenvalue weighted by Crippen LogP contribution is -2.21. The number of benzene rings is 1. The van der Waals surface area contributed by atoms with Crippen molar-refractivity contribution in [2.75, 3.05) is 0 Å². The van der Waals surface area contributed by atoms with Gasteiger partial charge in [0.1, 0.15) is 5.82 Å². The summed E-state index contributed by atoms with van der Waals surface area (Å²) in [6.45, 7) is 1.90. The van der Waals surface area contributed by atoms with E-state index in [1.165, 1.54) is 12.1 Å². The van der Waals surface area contributed by atoms with Gasteiger partial charge >= 0.3 is 0 Å². The number of hydrogen-bond donors (Lipinski definition) is 0. The van der Waals surface area contributed by atoms with Crippen LogP contribution in [0.3, 0.4) is 0 Å². The molecule has 0 N–H and O–H groups in total. The Bertz CT molecular complexity index is 703. The average Bonchev–Trinajstić information content (AvgIpc) is 2.41. The zero-order chi connectivity index (χ0) is 14.3. The summed E-state index contributed by atoms with van der Waals surface area (Å²) in [5.74, 6) is -0.479. The second-order valence-electron chi connectivity index (χ2n) is 5.14. The Morgan fingerprint density at radius 3 is 2.81 bits per heavy atom. The third kappa shape index (κ3) is 2.94. The Balaban J connectivity index is 0.00000161. The van der Waals surface area contributed by atoms with Crippen LogP contribution in [-0.2, 0) is 6.42 Å². The molecule has 2 aromatic rings. The number of rotatable bonds is 1. The molecule has 0 radical (unpaired) electrons. The Labute approximate surface area is 133 Å². The van der Waals surface area contributed by atoms with Crippen molar-refractivity contribution in [1.29, 1.82) is 0 Å². The van der Waals surface area contributed by atoms with Crippen molar-refractivity contribution in [1.82, 2.24) is 4.98 Å². The van der Waals surface area contributed by atoms with E-state index in [1.54, 1.807) is 12.3 Å². The second-order valence-corrected chi connectivity index (χ2v) is 5.58. The summed E-state index contributed by atoms with van der Waals surface area (Å²) in [5.41, 5.74) is 2.89. The maximum Gasteiger partial charge on any atom is 0.165 e. The molecule has 0 spiro atoms. The minimum absolute atomic E-state index is 0. The summed E-state index contributed by atoms with van der Waals surface area (Å²) in [4.78, 5) is 16.6. The van der Waals surface area contributed by atoms with Crippen molar-refractivity contribution in [3.63, 3.8) is 0 Å². The number of carbonyl (C=O) groups is 1. The van der Waals surface area contributed by atoms with Gasteiger partial charge in [-0.1, -0.05) is 11.6 Å². The van der Waals surface area contributed by atoms with Gasteiger partial charge in [-0.05, 0) is 54.7 Å². The summed E-state index contributed by atoms with van der Waals surface area (Å²) in [7, 11) is 0. The standard InChI is InChI=1S/C16H13ClFNO.ClH/c1-9-4-5-19-14-6-10(7-15(20)16(9)14)12-8-11(17)2-3-13(12)18;/h2-5,8,10H,6-7H2,1H3;1H. The second kappa shape index (κ2) is 6.12. The van der Waals surface area contributed by atoms with Gasteiger partial charge in [-0.2, -0.15) is 0 Å². The summed E-state index contributed by atoms with van der Waals surface area (Å²) in [6, 6.07) is 6.30. The van der Waals surface area contributed by atoms with E-state index in [9.17, 15) is 9.18 Å². The van der Waals surface area contributed by atoms with Gasteiger partial charge in [0.25, 0.3) is 0 Å². The molecular weight excluding hydrogens is 312 g/mol. The molecule has 1 atom stereocenters. The number of aromatic nitrogens is 1. The molecule has 1 heterocycles. The predicted molar refractivity (Wildman–Crippen MR) is 83.0 cm³/mol. The lowest BCUT2D eigenvalue weighted by molar-refractivity contribution is 0.0962. The van der Waals surface area contributed by atoms with Crippen LogP contribution in [-0.4, -0.2) is 10.8 Å². The first kappa shape index (κ1) is 15.9. The molecule has 0 saturated carbocycles. The first-order valence-electron chi connectivity index (χ1n) is 6.49. The van der Waals surface area contributed by atoms with E-state index in [2.05, 4.69) is 4.98 Å². The average molecular weight is 326 g/mol. The van der Waals surface area contributed by atoms with Crippen LogP contribution >= 0.6 is 24.0 Å². The van der Waals surface area contributed by atoms with Crippen molar-refractivity contribution in [2.45, 2.75) is 25.7 Å². The number of nitrogens with zero attached hydrogens (tertiary/aromatic N) is 1. The Morgan fingerprint density at radius 1 is 1.29 bits per heavy atom. The molecular formula is C16H14Cl2FNO. The first-order valence-corrected chi connectivity index (χ1v) is 6.86. The van der Waals surface area contributed by atoms with Crippen LogP contribution in [0.25, 0.3) is 0 Å². The molecule has 2 nitrogen and oxygen atoms in total. The number of carbonyl (C=O) groups excluding carboxylic acids is 1. The molecule has 1 aliphatic rings. The monoisotopic (exact) mass is 325 g/mol. The Kier molecular flexibility index (Phi) is 4.64. The highest BCUT2D eigenvalue weighted by molar-refractivity contribution is 6.30. The third-order valence-corrected chi connectivity index (χ3v) is 4.02. The fourth-order valence-electron chi connectivity index (χ4n) is 2.83. The number of pyridine rings is 1. The van der Waals surface area contributed by atoms with Crippen LogP contribution in [0.4, 0.5) is 4.39 Å². The number of aryl methyl sites for hydroxylation is 1. The maximum absolute atomic E-state index is 13.9. The highest BCUT2D eigenvalue weighted by atomic mass is 35.5. The van der Waals surface area contributed by atoms with E-state index in [4.69, 9.17) is 11.6 Å². The number of halogens is 3. The van der Waals surface area contributed by atoms with Gasteiger partial charge in [-0.3, -0.25) is 9.78 Å². The van der Waals surface area contributed by atoms with E-state index in [0.29, 0.717) is 29.0 Å². The van der Waals surface area contributed by atoms with E-state index in [0.717, 1.165) is 11.3 Å². The van der Waals surface area contributed by atoms with Gasteiger partial charge in [0.05, 0.1) is 5.69 Å². The topological polar surface area (TPSA) is 30.0 Å². The van der Waals surface area contributed by atoms with E-state index in [1.807, 2.05) is 13.0 Å². The molecule has 5 heteroatoms. The lowest BCUT2D eigenvalue weighted by atomic mass is 9.80. The Hall–Kier alpha value is -1.45. The predicted octanol–water partition coefficient (Wildman–Crippen LogP) is 4.52. The molecule has 21 heavy (non-hydrogen) atoms. The summed E-state index contributed by atoms with van der Waals surface area (Å²) >= 11 is 5.93. The quantitative estimate of drug-likeness (QED) is 0.771. The zero-order valence-corrected chi connectivity index (χ0v) is 13.0. The molecule has 0 saturated heterocycles. The summed E-state index contributed by atoms with van der Waals surface area (Å²) < 4.78 is 13.9. The largest absolute Gasteiger partial charge is 0.294 e. The fraction of sp³-hybridized carbons (Fsp3) is 0.250. The van der Waals surface area contributed by atoms with Crippen LogP contribution in [0.1, 0.15) is 39.5 Å². The van der Waals surface area contributed by atoms with Crippen molar-refractivity contribution in [2.24, 2.45) is 0 Å². The van der Waals surface area contributed by atoms with Crippen molar-refractivity contribution >= 4 is 29.8 Å². The van der Waals surface area contributed by atoms with Crippen LogP contribution in [0.2, 0.25) is 5.02 Å². The zero-order valence-electron chi connectivity index (χ0n) is 11.4. The normalized spacial score (nSPS) is 17.1. The molecule has 110 valence electrons. The highest BCUT2D eigenvalue weighted by Gasteiger charge is 2.29. The molecule has 0 amide bonds. The van der Waals surface area contributed by atoms with Crippen LogP contribution in [0.5, 0.6) is 0 Å². The fourth-order valence-corrected chi connectivity index (χ4v) is 3.01. The molecule has 0 fully saturated rings. The summed E-state index contributed by atoms with van der Waals surface area (Å²) in [5, 5.41) is 0.483. The summed E-state index contributed by atoms with van der Waals surface area (Å²) in [6.07, 6.45) is 2.56. The Morgan fingerprint density at radius 2 is 2.05 bits per heavy atom. The van der Waals surface area contributed by atoms with Gasteiger partial charge in [0.15, 0.2) is 5.78 Å². The van der Waals surface area contributed by atoms with Crippen molar-refractivity contribution < 1.29 is 9.18 Å². The van der Waals surface area contributed by atoms with E-state index in [-0.39, 0.29) is 29.9 Å². The van der Waals surface area contributed by atoms with Crippen LogP contribution < -0.4 is 0 Å². The molecule has 1 unspecified atom stereocenters. The molecule has 3 rings (SSSR count). The van der Waals surface area contributed by atoms with Gasteiger partial charge in [-0.25, -0.2) is 4.39 Å². The van der Waals surface area contributed by atoms with Gasteiger partial charge in [0, 0.05) is 23.2 Å². The number of fused-ring (bicyclic) bond motifs is 1. The van der Waals surface area contributed by atoms with Gasteiger partial charge < -0.3 is 0 Å². The van der Waals surface area contributed by atoms with E-state index >= 15 is 0 Å². The molecule has 1 aromatic carbocycles. The number of ketones is 1. The van der Waals surface area contributed by atoms with Crippen LogP contribution in [0.15, 0.2) is 30.5 Å². The molecule has 1 aliphatic carbocycles.